The van der Waals surface area contributed by atoms with Crippen LogP contribution in [0.3, 0.4) is 0 Å². The molecular weight excluding hydrogens is 491 g/mol. The monoisotopic (exact) mass is 519 g/mol. The van der Waals surface area contributed by atoms with Gasteiger partial charge in [-0.2, -0.15) is 23.3 Å². The first-order chi connectivity index (χ1) is 17.5. The van der Waals surface area contributed by atoms with Gasteiger partial charge in [-0.05, 0) is 31.5 Å². The molecule has 198 valence electrons. The van der Waals surface area contributed by atoms with Crippen molar-refractivity contribution >= 4 is 23.4 Å². The van der Waals surface area contributed by atoms with Crippen molar-refractivity contribution in [3.63, 3.8) is 0 Å². The van der Waals surface area contributed by atoms with Crippen molar-refractivity contribution in [1.29, 1.82) is 0 Å². The van der Waals surface area contributed by atoms with Gasteiger partial charge in [0, 0.05) is 32.5 Å². The van der Waals surface area contributed by atoms with Crippen molar-refractivity contribution in [3.8, 4) is 5.75 Å². The molecule has 3 aromatic rings. The predicted molar refractivity (Wildman–Crippen MR) is 131 cm³/mol. The van der Waals surface area contributed by atoms with Gasteiger partial charge in [0.15, 0.2) is 5.82 Å². The summed E-state index contributed by atoms with van der Waals surface area (Å²) in [5, 5.41) is 10.3. The van der Waals surface area contributed by atoms with E-state index in [0.717, 1.165) is 11.6 Å². The van der Waals surface area contributed by atoms with E-state index in [1.165, 1.54) is 13.2 Å². The van der Waals surface area contributed by atoms with Crippen LogP contribution in [0.25, 0.3) is 0 Å². The minimum atomic E-state index is -4.52. The van der Waals surface area contributed by atoms with E-state index in [4.69, 9.17) is 9.47 Å². The summed E-state index contributed by atoms with van der Waals surface area (Å²) in [7, 11) is 4.53. The molecule has 13 heteroatoms. The molecule has 0 saturated carbocycles. The average Bonchev–Trinajstić information content (AvgIpc) is 3.30. The van der Waals surface area contributed by atoms with Crippen molar-refractivity contribution in [3.05, 3.63) is 53.0 Å². The van der Waals surface area contributed by atoms with E-state index in [0.29, 0.717) is 35.3 Å². The van der Waals surface area contributed by atoms with Gasteiger partial charge in [-0.15, -0.1) is 0 Å². The summed E-state index contributed by atoms with van der Waals surface area (Å²) in [6.45, 7) is 4.09. The molecule has 0 bridgehead atoms. The molecule has 4 rings (SSSR count). The number of alkyl halides is 3. The van der Waals surface area contributed by atoms with Gasteiger partial charge < -0.3 is 25.0 Å². The quantitative estimate of drug-likeness (QED) is 0.466. The van der Waals surface area contributed by atoms with Crippen molar-refractivity contribution in [1.82, 2.24) is 19.7 Å². The van der Waals surface area contributed by atoms with Crippen LogP contribution in [-0.4, -0.2) is 59.1 Å². The molecule has 10 nitrogen and oxygen atoms in total. The number of rotatable bonds is 8. The zero-order valence-electron chi connectivity index (χ0n) is 21.1. The lowest BCUT2D eigenvalue weighted by atomic mass is 10.1. The number of carbonyl (C=O) groups is 1. The Kier molecular flexibility index (Phi) is 7.25. The minimum Gasteiger partial charge on any atom is -0.496 e. The minimum absolute atomic E-state index is 0.158. The Balaban J connectivity index is 1.47. The Morgan fingerprint density at radius 1 is 1.22 bits per heavy atom. The number of anilines is 3. The molecule has 0 radical (unpaired) electrons. The highest BCUT2D eigenvalue weighted by Crippen LogP contribution is 2.37. The molecule has 1 aromatic carbocycles. The van der Waals surface area contributed by atoms with Crippen molar-refractivity contribution in [2.75, 3.05) is 36.8 Å². The fourth-order valence-electron chi connectivity index (χ4n) is 4.23. The lowest BCUT2D eigenvalue weighted by Crippen LogP contribution is -2.53. The van der Waals surface area contributed by atoms with Gasteiger partial charge in [0.1, 0.15) is 17.5 Å². The molecule has 0 saturated heterocycles. The molecule has 1 amide bonds. The second-order valence-corrected chi connectivity index (χ2v) is 8.75. The summed E-state index contributed by atoms with van der Waals surface area (Å²) in [6, 6.07) is 3.39. The zero-order chi connectivity index (χ0) is 26.9. The molecule has 0 aliphatic carbocycles. The molecule has 0 spiro atoms. The first-order valence-corrected chi connectivity index (χ1v) is 11.5. The number of nitrogens with one attached hydrogen (secondary N) is 2. The van der Waals surface area contributed by atoms with Gasteiger partial charge in [0.05, 0.1) is 37.2 Å². The van der Waals surface area contributed by atoms with Crippen LogP contribution in [0.1, 0.15) is 29.3 Å². The molecule has 0 fully saturated rings. The molecule has 1 aliphatic heterocycles. The van der Waals surface area contributed by atoms with Crippen LogP contribution in [-0.2, 0) is 28.8 Å². The number of amides is 1. The van der Waals surface area contributed by atoms with Crippen LogP contribution in [0.4, 0.5) is 30.6 Å². The Hall–Kier alpha value is -3.87. The number of ether oxygens (including phenoxy) is 2. The number of halogens is 3. The number of carbonyl (C=O) groups excluding carboxylic acids is 1. The van der Waals surface area contributed by atoms with Crippen molar-refractivity contribution < 1.29 is 27.4 Å². The first-order valence-electron chi connectivity index (χ1n) is 11.5. The van der Waals surface area contributed by atoms with Gasteiger partial charge in [0.2, 0.25) is 11.9 Å². The summed E-state index contributed by atoms with van der Waals surface area (Å²) < 4.78 is 51.7. The maximum atomic E-state index is 13.3. The topological polar surface area (TPSA) is 106 Å². The van der Waals surface area contributed by atoms with Crippen LogP contribution in [0.5, 0.6) is 5.75 Å². The summed E-state index contributed by atoms with van der Waals surface area (Å²) in [6.07, 6.45) is -1.52. The maximum absolute atomic E-state index is 13.3. The Bertz CT molecular complexity index is 1300. The van der Waals surface area contributed by atoms with Gasteiger partial charge in [-0.3, -0.25) is 9.48 Å². The van der Waals surface area contributed by atoms with Gasteiger partial charge in [-0.1, -0.05) is 6.07 Å². The number of benzene rings is 1. The third kappa shape index (κ3) is 5.45. The highest BCUT2D eigenvalue weighted by atomic mass is 19.4. The number of likely N-dealkylation sites (N-methyl/N-ethyl adjacent to an activating group) is 1. The molecule has 37 heavy (non-hydrogen) atoms. The van der Waals surface area contributed by atoms with Crippen molar-refractivity contribution in [2.45, 2.75) is 45.3 Å². The standard InChI is InChI=1S/C24H28F3N7O3/c1-13-19-21(33(3)20(14(2)36-4)22(35)31-19)32-23(30-13)28-9-16-10-29-34(12-16)11-15-6-7-18(37-5)17(8-15)24(25,26)27/h6-8,10,12,14,20H,9,11H2,1-5H3,(H,31,35)(H,28,30,32)/t14-,20+/m1/s1. The normalized spacial score (nSPS) is 16.3. The summed E-state index contributed by atoms with van der Waals surface area (Å²) in [5.74, 6) is 0.513. The van der Waals surface area contributed by atoms with Gasteiger partial charge in [-0.25, -0.2) is 4.98 Å². The summed E-state index contributed by atoms with van der Waals surface area (Å²) >= 11 is 0. The van der Waals surface area contributed by atoms with E-state index in [2.05, 4.69) is 25.7 Å². The lowest BCUT2D eigenvalue weighted by Gasteiger charge is -2.37. The number of nitrogens with zero attached hydrogens (tertiary/aromatic N) is 5. The maximum Gasteiger partial charge on any atom is 0.419 e. The Morgan fingerprint density at radius 3 is 2.65 bits per heavy atom. The third-order valence-corrected chi connectivity index (χ3v) is 6.21. The second-order valence-electron chi connectivity index (χ2n) is 8.75. The molecule has 2 N–H and O–H groups in total. The average molecular weight is 520 g/mol. The summed E-state index contributed by atoms with van der Waals surface area (Å²) in [5.41, 5.74) is 1.55. The molecular formula is C24H28F3N7O3. The van der Waals surface area contributed by atoms with E-state index in [-0.39, 0.29) is 24.3 Å². The SMILES string of the molecule is COc1ccc(Cn2cc(CNc3nc(C)c4c(n3)N(C)[C@@H]([C@@H](C)OC)C(=O)N4)cn2)cc1C(F)(F)F. The van der Waals surface area contributed by atoms with Crippen LogP contribution < -0.4 is 20.3 Å². The lowest BCUT2D eigenvalue weighted by molar-refractivity contribution is -0.138. The fourth-order valence-corrected chi connectivity index (χ4v) is 4.23. The highest BCUT2D eigenvalue weighted by molar-refractivity contribution is 6.03. The van der Waals surface area contributed by atoms with Crippen LogP contribution in [0.15, 0.2) is 30.6 Å². The van der Waals surface area contributed by atoms with Crippen LogP contribution >= 0.6 is 0 Å². The third-order valence-electron chi connectivity index (χ3n) is 6.21. The molecule has 2 aromatic heterocycles. The van der Waals surface area contributed by atoms with Crippen LogP contribution in [0, 0.1) is 6.92 Å². The number of fused-ring (bicyclic) bond motifs is 1. The molecule has 3 heterocycles. The predicted octanol–water partition coefficient (Wildman–Crippen LogP) is 3.46. The molecule has 2 atom stereocenters. The summed E-state index contributed by atoms with van der Waals surface area (Å²) in [4.78, 5) is 23.4. The number of hydrogen-bond acceptors (Lipinski definition) is 8. The van der Waals surface area contributed by atoms with E-state index in [1.54, 1.807) is 49.1 Å². The van der Waals surface area contributed by atoms with Crippen molar-refractivity contribution in [2.24, 2.45) is 0 Å². The van der Waals surface area contributed by atoms with E-state index in [9.17, 15) is 18.0 Å². The molecule has 1 aliphatic rings. The van der Waals surface area contributed by atoms with E-state index < -0.39 is 17.8 Å². The smallest absolute Gasteiger partial charge is 0.419 e. The van der Waals surface area contributed by atoms with Crippen LogP contribution in [0.2, 0.25) is 0 Å². The van der Waals surface area contributed by atoms with E-state index >= 15 is 0 Å². The number of methoxy groups -OCH3 is 2. The first kappa shape index (κ1) is 26.2. The fraction of sp³-hybridized carbons (Fsp3) is 0.417. The number of aromatic nitrogens is 4. The number of hydrogen-bond donors (Lipinski definition) is 2. The van der Waals surface area contributed by atoms with E-state index in [1.807, 2.05) is 6.92 Å². The second kappa shape index (κ2) is 10.2. The largest absolute Gasteiger partial charge is 0.496 e. The Morgan fingerprint density at radius 2 is 1.97 bits per heavy atom. The van der Waals surface area contributed by atoms with Gasteiger partial charge in [0.25, 0.3) is 0 Å². The Labute approximate surface area is 211 Å². The van der Waals surface area contributed by atoms with Gasteiger partial charge >= 0.3 is 6.18 Å². The number of aryl methyl sites for hydroxylation is 1. The zero-order valence-corrected chi connectivity index (χ0v) is 21.1. The highest BCUT2D eigenvalue weighted by Gasteiger charge is 2.37. The molecule has 0 unspecified atom stereocenters.